The van der Waals surface area contributed by atoms with Gasteiger partial charge in [-0.15, -0.1) is 0 Å². The Morgan fingerprint density at radius 3 is 1.97 bits per heavy atom. The Kier molecular flexibility index (Phi) is 6.24. The highest BCUT2D eigenvalue weighted by atomic mass is 19.4. The standard InChI is InChI=1S/C22H21F7/c1-2-3-12-4-6-13(7-5-12)15-8-9-16(21(26)20(15)25)14-10-17(23)19(18(24)11-14)22(27,28)29/h8-13H,2-7H2,1H3. The SMILES string of the molecule is CCCC1CCC(c2ccc(-c3cc(F)c(C(F)(F)F)c(F)c3)c(F)c2F)CC1. The molecule has 0 atom stereocenters. The van der Waals surface area contributed by atoms with Crippen molar-refractivity contribution in [1.82, 2.24) is 0 Å². The van der Waals surface area contributed by atoms with Crippen molar-refractivity contribution in [2.24, 2.45) is 5.92 Å². The van der Waals surface area contributed by atoms with Gasteiger partial charge in [0.1, 0.15) is 17.2 Å². The van der Waals surface area contributed by atoms with Crippen LogP contribution in [-0.2, 0) is 6.18 Å². The maximum absolute atomic E-state index is 14.7. The van der Waals surface area contributed by atoms with Crippen LogP contribution in [0.3, 0.4) is 0 Å². The average molecular weight is 418 g/mol. The average Bonchev–Trinajstić information content (AvgIpc) is 2.63. The maximum Gasteiger partial charge on any atom is 0.422 e. The summed E-state index contributed by atoms with van der Waals surface area (Å²) in [6.45, 7) is 2.10. The minimum Gasteiger partial charge on any atom is -0.206 e. The lowest BCUT2D eigenvalue weighted by atomic mass is 9.77. The van der Waals surface area contributed by atoms with Gasteiger partial charge in [0.25, 0.3) is 0 Å². The van der Waals surface area contributed by atoms with Crippen LogP contribution in [-0.4, -0.2) is 0 Å². The van der Waals surface area contributed by atoms with Crippen LogP contribution in [0.15, 0.2) is 24.3 Å². The molecule has 3 rings (SSSR count). The first-order chi connectivity index (χ1) is 13.6. The molecule has 0 unspecified atom stereocenters. The molecule has 1 aliphatic carbocycles. The van der Waals surface area contributed by atoms with Crippen LogP contribution < -0.4 is 0 Å². The third-order valence-corrected chi connectivity index (χ3v) is 5.73. The van der Waals surface area contributed by atoms with Crippen LogP contribution in [0.5, 0.6) is 0 Å². The van der Waals surface area contributed by atoms with E-state index in [1.165, 1.54) is 12.1 Å². The van der Waals surface area contributed by atoms with E-state index in [1.54, 1.807) is 0 Å². The quantitative estimate of drug-likeness (QED) is 0.441. The molecule has 158 valence electrons. The highest BCUT2D eigenvalue weighted by molar-refractivity contribution is 5.66. The molecule has 0 bridgehead atoms. The predicted molar refractivity (Wildman–Crippen MR) is 96.3 cm³/mol. The van der Waals surface area contributed by atoms with E-state index in [4.69, 9.17) is 0 Å². The third kappa shape index (κ3) is 4.43. The lowest BCUT2D eigenvalue weighted by Crippen LogP contribution is -2.15. The Bertz CT molecular complexity index is 854. The molecule has 2 aromatic carbocycles. The smallest absolute Gasteiger partial charge is 0.206 e. The second kappa shape index (κ2) is 8.36. The van der Waals surface area contributed by atoms with Crippen molar-refractivity contribution in [2.45, 2.75) is 57.5 Å². The van der Waals surface area contributed by atoms with Crippen molar-refractivity contribution in [2.75, 3.05) is 0 Å². The first-order valence-corrected chi connectivity index (χ1v) is 9.68. The van der Waals surface area contributed by atoms with E-state index >= 15 is 0 Å². The van der Waals surface area contributed by atoms with Crippen LogP contribution in [0.25, 0.3) is 11.1 Å². The lowest BCUT2D eigenvalue weighted by molar-refractivity contribution is -0.142. The Balaban J connectivity index is 1.91. The van der Waals surface area contributed by atoms with E-state index in [9.17, 15) is 30.7 Å². The summed E-state index contributed by atoms with van der Waals surface area (Å²) in [7, 11) is 0. The number of hydrogen-bond donors (Lipinski definition) is 0. The van der Waals surface area contributed by atoms with Gasteiger partial charge in [-0.05, 0) is 60.8 Å². The first-order valence-electron chi connectivity index (χ1n) is 9.68. The predicted octanol–water partition coefficient (Wildman–Crippen LogP) is 8.00. The second-order valence-corrected chi connectivity index (χ2v) is 7.65. The molecule has 0 saturated heterocycles. The molecule has 1 fully saturated rings. The van der Waals surface area contributed by atoms with E-state index in [0.717, 1.165) is 38.5 Å². The first kappa shape index (κ1) is 21.7. The fraction of sp³-hybridized carbons (Fsp3) is 0.455. The normalized spacial score (nSPS) is 20.1. The van der Waals surface area contributed by atoms with E-state index in [1.807, 2.05) is 0 Å². The molecular weight excluding hydrogens is 397 g/mol. The van der Waals surface area contributed by atoms with E-state index in [2.05, 4.69) is 6.92 Å². The zero-order valence-corrected chi connectivity index (χ0v) is 15.9. The zero-order chi connectivity index (χ0) is 21.3. The molecule has 0 heterocycles. The van der Waals surface area contributed by atoms with Gasteiger partial charge in [-0.25, -0.2) is 17.6 Å². The molecule has 1 aliphatic rings. The Labute approximate surface area is 164 Å². The molecule has 29 heavy (non-hydrogen) atoms. The number of rotatable bonds is 4. The van der Waals surface area contributed by atoms with Gasteiger partial charge < -0.3 is 0 Å². The molecule has 0 N–H and O–H groups in total. The van der Waals surface area contributed by atoms with Crippen LogP contribution in [0.2, 0.25) is 0 Å². The van der Waals surface area contributed by atoms with E-state index in [-0.39, 0.29) is 11.5 Å². The second-order valence-electron chi connectivity index (χ2n) is 7.65. The van der Waals surface area contributed by atoms with Gasteiger partial charge in [0, 0.05) is 5.56 Å². The molecule has 0 amide bonds. The van der Waals surface area contributed by atoms with Gasteiger partial charge >= 0.3 is 6.18 Å². The summed E-state index contributed by atoms with van der Waals surface area (Å²) in [5, 5.41) is 0. The summed E-state index contributed by atoms with van der Waals surface area (Å²) in [5.41, 5.74) is -2.81. The fourth-order valence-corrected chi connectivity index (χ4v) is 4.27. The summed E-state index contributed by atoms with van der Waals surface area (Å²) >= 11 is 0. The van der Waals surface area contributed by atoms with Crippen LogP contribution in [0.1, 0.15) is 62.5 Å². The van der Waals surface area contributed by atoms with Gasteiger partial charge in [-0.2, -0.15) is 13.2 Å². The molecule has 7 heteroatoms. The van der Waals surface area contributed by atoms with E-state index in [0.29, 0.717) is 18.1 Å². The van der Waals surface area contributed by atoms with Crippen LogP contribution in [0.4, 0.5) is 30.7 Å². The molecule has 0 nitrogen and oxygen atoms in total. The molecular formula is C22H21F7. The number of alkyl halides is 3. The molecule has 2 aromatic rings. The Morgan fingerprint density at radius 1 is 0.862 bits per heavy atom. The van der Waals surface area contributed by atoms with Crippen molar-refractivity contribution in [3.63, 3.8) is 0 Å². The van der Waals surface area contributed by atoms with Crippen molar-refractivity contribution in [1.29, 1.82) is 0 Å². The van der Waals surface area contributed by atoms with Crippen LogP contribution >= 0.6 is 0 Å². The van der Waals surface area contributed by atoms with Gasteiger partial charge in [0.05, 0.1) is 0 Å². The topological polar surface area (TPSA) is 0 Å². The van der Waals surface area contributed by atoms with Crippen molar-refractivity contribution < 1.29 is 30.7 Å². The number of benzene rings is 2. The van der Waals surface area contributed by atoms with Crippen molar-refractivity contribution in [3.8, 4) is 11.1 Å². The summed E-state index contributed by atoms with van der Waals surface area (Å²) in [4.78, 5) is 0. The molecule has 0 aromatic heterocycles. The van der Waals surface area contributed by atoms with Gasteiger partial charge in [0.2, 0.25) is 0 Å². The van der Waals surface area contributed by atoms with Gasteiger partial charge in [-0.3, -0.25) is 0 Å². The number of halogens is 7. The molecule has 1 saturated carbocycles. The maximum atomic E-state index is 14.7. The fourth-order valence-electron chi connectivity index (χ4n) is 4.27. The lowest BCUT2D eigenvalue weighted by Gasteiger charge is -2.29. The molecule has 0 spiro atoms. The summed E-state index contributed by atoms with van der Waals surface area (Å²) in [5.74, 6) is -5.72. The highest BCUT2D eigenvalue weighted by Crippen LogP contribution is 2.41. The van der Waals surface area contributed by atoms with Crippen LogP contribution in [0, 0.1) is 29.2 Å². The number of hydrogen-bond acceptors (Lipinski definition) is 0. The third-order valence-electron chi connectivity index (χ3n) is 5.73. The highest BCUT2D eigenvalue weighted by Gasteiger charge is 2.38. The molecule has 0 aliphatic heterocycles. The summed E-state index contributed by atoms with van der Waals surface area (Å²) in [6.07, 6.45) is 0.263. The largest absolute Gasteiger partial charge is 0.422 e. The molecule has 0 radical (unpaired) electrons. The summed E-state index contributed by atoms with van der Waals surface area (Å²) in [6, 6.07) is 3.29. The Morgan fingerprint density at radius 2 is 1.45 bits per heavy atom. The minimum atomic E-state index is -5.23. The Hall–Kier alpha value is -2.05. The summed E-state index contributed by atoms with van der Waals surface area (Å²) < 4.78 is 95.1. The monoisotopic (exact) mass is 418 g/mol. The van der Waals surface area contributed by atoms with Crippen molar-refractivity contribution >= 4 is 0 Å². The van der Waals surface area contributed by atoms with E-state index < -0.39 is 46.1 Å². The van der Waals surface area contributed by atoms with Crippen molar-refractivity contribution in [3.05, 3.63) is 58.7 Å². The minimum absolute atomic E-state index is 0.146. The van der Waals surface area contributed by atoms with Gasteiger partial charge in [0.15, 0.2) is 11.6 Å². The van der Waals surface area contributed by atoms with Gasteiger partial charge in [-0.1, -0.05) is 31.9 Å². The zero-order valence-electron chi connectivity index (χ0n) is 15.9.